The van der Waals surface area contributed by atoms with Crippen LogP contribution in [-0.2, 0) is 0 Å². The predicted octanol–water partition coefficient (Wildman–Crippen LogP) is 4.39. The van der Waals surface area contributed by atoms with Crippen molar-refractivity contribution in [2.75, 3.05) is 0 Å². The van der Waals surface area contributed by atoms with E-state index in [1.54, 1.807) is 0 Å². The van der Waals surface area contributed by atoms with Crippen LogP contribution in [0.3, 0.4) is 0 Å². The quantitative estimate of drug-likeness (QED) is 0.737. The molecule has 0 bridgehead atoms. The molecule has 96 valence electrons. The number of hydrogen-bond donors (Lipinski definition) is 1. The van der Waals surface area contributed by atoms with Crippen LogP contribution >= 0.6 is 0 Å². The van der Waals surface area contributed by atoms with Gasteiger partial charge in [-0.05, 0) is 55.8 Å². The Bertz CT molecular complexity index is 188. The zero-order chi connectivity index (χ0) is 12.2. The van der Waals surface area contributed by atoms with E-state index in [1.807, 2.05) is 0 Å². The predicted molar refractivity (Wildman–Crippen MR) is 70.4 cm³/mol. The zero-order valence-corrected chi connectivity index (χ0v) is 11.6. The van der Waals surface area contributed by atoms with Crippen LogP contribution in [-0.4, -0.2) is 11.2 Å². The van der Waals surface area contributed by atoms with Gasteiger partial charge in [-0.1, -0.05) is 34.1 Å². The standard InChI is InChI=1S/C15H30O/c1-12(2)9-10-15(3,4)11-13-5-7-14(16)8-6-13/h12-14,16H,5-11H2,1-4H3. The van der Waals surface area contributed by atoms with Gasteiger partial charge < -0.3 is 5.11 Å². The first kappa shape index (κ1) is 14.0. The molecule has 0 spiro atoms. The van der Waals surface area contributed by atoms with Gasteiger partial charge in [-0.15, -0.1) is 0 Å². The third kappa shape index (κ3) is 5.34. The van der Waals surface area contributed by atoms with Crippen molar-refractivity contribution in [1.82, 2.24) is 0 Å². The molecule has 0 radical (unpaired) electrons. The summed E-state index contributed by atoms with van der Waals surface area (Å²) < 4.78 is 0. The molecule has 0 aromatic heterocycles. The van der Waals surface area contributed by atoms with E-state index in [9.17, 15) is 5.11 Å². The lowest BCUT2D eigenvalue weighted by Gasteiger charge is -2.33. The van der Waals surface area contributed by atoms with Gasteiger partial charge in [0.05, 0.1) is 6.10 Å². The topological polar surface area (TPSA) is 20.2 Å². The Morgan fingerprint density at radius 3 is 2.19 bits per heavy atom. The van der Waals surface area contributed by atoms with E-state index in [2.05, 4.69) is 27.7 Å². The van der Waals surface area contributed by atoms with Crippen molar-refractivity contribution in [3.63, 3.8) is 0 Å². The van der Waals surface area contributed by atoms with Crippen LogP contribution in [0.4, 0.5) is 0 Å². The summed E-state index contributed by atoms with van der Waals surface area (Å²) in [5.74, 6) is 1.69. The van der Waals surface area contributed by atoms with Gasteiger partial charge in [0.2, 0.25) is 0 Å². The molecule has 1 aliphatic carbocycles. The molecule has 1 rings (SSSR count). The molecule has 0 aromatic carbocycles. The van der Waals surface area contributed by atoms with Gasteiger partial charge in [-0.25, -0.2) is 0 Å². The smallest absolute Gasteiger partial charge is 0.0540 e. The van der Waals surface area contributed by atoms with Gasteiger partial charge in [0.25, 0.3) is 0 Å². The molecule has 0 aromatic rings. The SMILES string of the molecule is CC(C)CCC(C)(C)CC1CCC(O)CC1. The Hall–Kier alpha value is -0.0400. The molecule has 1 N–H and O–H groups in total. The third-order valence-corrected chi connectivity index (χ3v) is 4.06. The Morgan fingerprint density at radius 1 is 1.12 bits per heavy atom. The van der Waals surface area contributed by atoms with Crippen LogP contribution in [0, 0.1) is 17.3 Å². The van der Waals surface area contributed by atoms with Gasteiger partial charge in [0.1, 0.15) is 0 Å². The molecule has 1 aliphatic rings. The number of hydrogen-bond acceptors (Lipinski definition) is 1. The molecule has 0 aliphatic heterocycles. The molecule has 0 saturated heterocycles. The summed E-state index contributed by atoms with van der Waals surface area (Å²) in [6.07, 6.45) is 8.60. The van der Waals surface area contributed by atoms with Gasteiger partial charge in [0.15, 0.2) is 0 Å². The highest BCUT2D eigenvalue weighted by Crippen LogP contribution is 2.37. The van der Waals surface area contributed by atoms with E-state index in [0.29, 0.717) is 5.41 Å². The normalized spacial score (nSPS) is 27.4. The molecule has 0 amide bonds. The first-order valence-corrected chi connectivity index (χ1v) is 7.07. The Morgan fingerprint density at radius 2 is 1.69 bits per heavy atom. The van der Waals surface area contributed by atoms with Crippen molar-refractivity contribution in [2.45, 2.75) is 78.7 Å². The summed E-state index contributed by atoms with van der Waals surface area (Å²) in [5.41, 5.74) is 0.497. The average molecular weight is 226 g/mol. The summed E-state index contributed by atoms with van der Waals surface area (Å²) in [7, 11) is 0. The molecule has 0 atom stereocenters. The molecule has 0 heterocycles. The molecular formula is C15H30O. The lowest BCUT2D eigenvalue weighted by Crippen LogP contribution is -2.23. The summed E-state index contributed by atoms with van der Waals surface area (Å²) in [6.45, 7) is 9.46. The van der Waals surface area contributed by atoms with Gasteiger partial charge >= 0.3 is 0 Å². The third-order valence-electron chi connectivity index (χ3n) is 4.06. The fraction of sp³-hybridized carbons (Fsp3) is 1.00. The maximum Gasteiger partial charge on any atom is 0.0540 e. The molecular weight excluding hydrogens is 196 g/mol. The van der Waals surface area contributed by atoms with Crippen molar-refractivity contribution >= 4 is 0 Å². The zero-order valence-electron chi connectivity index (χ0n) is 11.6. The monoisotopic (exact) mass is 226 g/mol. The van der Waals surface area contributed by atoms with Crippen molar-refractivity contribution in [3.8, 4) is 0 Å². The fourth-order valence-corrected chi connectivity index (χ4v) is 2.91. The van der Waals surface area contributed by atoms with E-state index in [1.165, 1.54) is 32.1 Å². The molecule has 1 nitrogen and oxygen atoms in total. The minimum atomic E-state index is -0.00461. The van der Waals surface area contributed by atoms with Crippen LogP contribution in [0.1, 0.15) is 72.6 Å². The largest absolute Gasteiger partial charge is 0.393 e. The first-order valence-electron chi connectivity index (χ1n) is 7.07. The maximum absolute atomic E-state index is 9.50. The summed E-state index contributed by atoms with van der Waals surface area (Å²) >= 11 is 0. The summed E-state index contributed by atoms with van der Waals surface area (Å²) in [6, 6.07) is 0. The second-order valence-corrected chi connectivity index (χ2v) is 6.98. The molecule has 1 saturated carbocycles. The molecule has 1 heteroatoms. The highest BCUT2D eigenvalue weighted by molar-refractivity contribution is 4.78. The van der Waals surface area contributed by atoms with E-state index in [-0.39, 0.29) is 6.10 Å². The van der Waals surface area contributed by atoms with Gasteiger partial charge in [0, 0.05) is 0 Å². The highest BCUT2D eigenvalue weighted by Gasteiger charge is 2.26. The van der Waals surface area contributed by atoms with Gasteiger partial charge in [-0.3, -0.25) is 0 Å². The average Bonchev–Trinajstić information content (AvgIpc) is 2.19. The van der Waals surface area contributed by atoms with Gasteiger partial charge in [-0.2, -0.15) is 0 Å². The van der Waals surface area contributed by atoms with E-state index >= 15 is 0 Å². The lowest BCUT2D eigenvalue weighted by atomic mass is 9.73. The molecule has 0 unspecified atom stereocenters. The van der Waals surface area contributed by atoms with Crippen LogP contribution < -0.4 is 0 Å². The second kappa shape index (κ2) is 6.05. The summed E-state index contributed by atoms with van der Waals surface area (Å²) in [4.78, 5) is 0. The molecule has 16 heavy (non-hydrogen) atoms. The Balaban J connectivity index is 2.28. The molecule has 1 fully saturated rings. The van der Waals surface area contributed by atoms with Crippen molar-refractivity contribution in [2.24, 2.45) is 17.3 Å². The fourth-order valence-electron chi connectivity index (χ4n) is 2.91. The minimum Gasteiger partial charge on any atom is -0.393 e. The van der Waals surface area contributed by atoms with Crippen LogP contribution in [0.15, 0.2) is 0 Å². The Kier molecular flexibility index (Phi) is 5.30. The Labute approximate surface area is 102 Å². The van der Waals surface area contributed by atoms with Crippen LogP contribution in [0.25, 0.3) is 0 Å². The van der Waals surface area contributed by atoms with Crippen molar-refractivity contribution < 1.29 is 5.11 Å². The number of aliphatic hydroxyl groups excluding tert-OH is 1. The second-order valence-electron chi connectivity index (χ2n) is 6.98. The van der Waals surface area contributed by atoms with Crippen LogP contribution in [0.2, 0.25) is 0 Å². The minimum absolute atomic E-state index is 0.00461. The number of aliphatic hydroxyl groups is 1. The van der Waals surface area contributed by atoms with E-state index in [4.69, 9.17) is 0 Å². The first-order chi connectivity index (χ1) is 7.39. The maximum atomic E-state index is 9.50. The van der Waals surface area contributed by atoms with Crippen molar-refractivity contribution in [3.05, 3.63) is 0 Å². The van der Waals surface area contributed by atoms with E-state index < -0.39 is 0 Å². The van der Waals surface area contributed by atoms with Crippen LogP contribution in [0.5, 0.6) is 0 Å². The van der Waals surface area contributed by atoms with E-state index in [0.717, 1.165) is 24.7 Å². The van der Waals surface area contributed by atoms with Crippen molar-refractivity contribution in [1.29, 1.82) is 0 Å². The number of rotatable bonds is 5. The highest BCUT2D eigenvalue weighted by atomic mass is 16.3. The lowest BCUT2D eigenvalue weighted by molar-refractivity contribution is 0.0909. The summed E-state index contributed by atoms with van der Waals surface area (Å²) in [5, 5.41) is 9.50.